The maximum absolute atomic E-state index is 12.0. The molecule has 0 spiro atoms. The molecule has 1 aliphatic heterocycles. The summed E-state index contributed by atoms with van der Waals surface area (Å²) in [4.78, 5) is 13.6. The Morgan fingerprint density at radius 3 is 2.72 bits per heavy atom. The fraction of sp³-hybridized carbons (Fsp3) is 0.417. The van der Waals surface area contributed by atoms with Crippen LogP contribution in [0.4, 0.5) is 5.69 Å². The number of carbonyl (C=O) groups is 1. The lowest BCUT2D eigenvalue weighted by atomic mass is 10.2. The molecule has 1 aliphatic rings. The predicted molar refractivity (Wildman–Crippen MR) is 67.9 cm³/mol. The smallest absolute Gasteiger partial charge is 0.265 e. The van der Waals surface area contributed by atoms with Crippen molar-refractivity contribution in [2.24, 2.45) is 0 Å². The number of rotatable bonds is 3. The van der Waals surface area contributed by atoms with Crippen LogP contribution in [0.25, 0.3) is 0 Å². The largest absolute Gasteiger partial charge is 0.310 e. The molecule has 1 saturated heterocycles. The first-order chi connectivity index (χ1) is 8.37. The lowest BCUT2D eigenvalue weighted by Gasteiger charge is -2.16. The fourth-order valence-electron chi connectivity index (χ4n) is 2.01. The summed E-state index contributed by atoms with van der Waals surface area (Å²) in [5, 5.41) is 0. The fourth-order valence-corrected chi connectivity index (χ4v) is 2.61. The van der Waals surface area contributed by atoms with Gasteiger partial charge in [0.2, 0.25) is 0 Å². The van der Waals surface area contributed by atoms with Gasteiger partial charge in [-0.05, 0) is 24.6 Å². The van der Waals surface area contributed by atoms with E-state index in [1.807, 2.05) is 31.2 Å². The van der Waals surface area contributed by atoms with Gasteiger partial charge in [-0.15, -0.1) is 0 Å². The van der Waals surface area contributed by atoms with Gasteiger partial charge in [0.05, 0.1) is 6.26 Å². The van der Waals surface area contributed by atoms with Crippen LogP contribution in [-0.4, -0.2) is 33.2 Å². The minimum Gasteiger partial charge on any atom is -0.310 e. The lowest BCUT2D eigenvalue weighted by molar-refractivity contribution is -0.122. The Morgan fingerprint density at radius 2 is 2.11 bits per heavy atom. The minimum atomic E-state index is -3.60. The lowest BCUT2D eigenvalue weighted by Crippen LogP contribution is -2.31. The molecule has 1 atom stereocenters. The molecule has 1 aromatic carbocycles. The SMILES string of the molecule is Cc1cccc(N2CCC(OS(C)(=O)=O)C2=O)c1. The summed E-state index contributed by atoms with van der Waals surface area (Å²) in [5.74, 6) is -0.300. The van der Waals surface area contributed by atoms with Crippen LogP contribution in [0.5, 0.6) is 0 Å². The molecule has 0 N–H and O–H groups in total. The van der Waals surface area contributed by atoms with Crippen molar-refractivity contribution >= 4 is 21.7 Å². The van der Waals surface area contributed by atoms with Crippen molar-refractivity contribution in [2.45, 2.75) is 19.4 Å². The van der Waals surface area contributed by atoms with Gasteiger partial charge in [-0.3, -0.25) is 8.98 Å². The van der Waals surface area contributed by atoms with E-state index in [1.165, 1.54) is 0 Å². The molecule has 1 aromatic rings. The summed E-state index contributed by atoms with van der Waals surface area (Å²) >= 11 is 0. The van der Waals surface area contributed by atoms with E-state index in [1.54, 1.807) is 4.90 Å². The van der Waals surface area contributed by atoms with E-state index in [0.29, 0.717) is 13.0 Å². The van der Waals surface area contributed by atoms with Crippen LogP contribution >= 0.6 is 0 Å². The first kappa shape index (κ1) is 13.0. The van der Waals surface area contributed by atoms with Gasteiger partial charge in [-0.2, -0.15) is 8.42 Å². The Hall–Kier alpha value is -1.40. The molecule has 0 aromatic heterocycles. The predicted octanol–water partition coefficient (Wildman–Crippen LogP) is 1.08. The monoisotopic (exact) mass is 269 g/mol. The highest BCUT2D eigenvalue weighted by Gasteiger charge is 2.35. The average molecular weight is 269 g/mol. The second kappa shape index (κ2) is 4.70. The molecule has 1 unspecified atom stereocenters. The van der Waals surface area contributed by atoms with Crippen LogP contribution in [0, 0.1) is 6.92 Å². The summed E-state index contributed by atoms with van der Waals surface area (Å²) in [7, 11) is -3.60. The van der Waals surface area contributed by atoms with Gasteiger partial charge in [-0.25, -0.2) is 0 Å². The summed E-state index contributed by atoms with van der Waals surface area (Å²) in [6, 6.07) is 7.52. The zero-order chi connectivity index (χ0) is 13.3. The van der Waals surface area contributed by atoms with Crippen LogP contribution in [-0.2, 0) is 19.1 Å². The summed E-state index contributed by atoms with van der Waals surface area (Å²) in [5.41, 5.74) is 1.83. The number of nitrogens with zero attached hydrogens (tertiary/aromatic N) is 1. The molecule has 18 heavy (non-hydrogen) atoms. The third kappa shape index (κ3) is 2.88. The maximum Gasteiger partial charge on any atom is 0.265 e. The Morgan fingerprint density at radius 1 is 1.39 bits per heavy atom. The molecule has 6 heteroatoms. The van der Waals surface area contributed by atoms with E-state index in [0.717, 1.165) is 17.5 Å². The second-order valence-electron chi connectivity index (χ2n) is 4.41. The van der Waals surface area contributed by atoms with Crippen molar-refractivity contribution in [1.82, 2.24) is 0 Å². The summed E-state index contributed by atoms with van der Waals surface area (Å²) in [6.45, 7) is 2.41. The van der Waals surface area contributed by atoms with Crippen LogP contribution in [0.1, 0.15) is 12.0 Å². The van der Waals surface area contributed by atoms with Crippen molar-refractivity contribution < 1.29 is 17.4 Å². The average Bonchev–Trinajstić information content (AvgIpc) is 2.58. The quantitative estimate of drug-likeness (QED) is 0.770. The summed E-state index contributed by atoms with van der Waals surface area (Å²) in [6.07, 6.45) is 0.454. The van der Waals surface area contributed by atoms with E-state index in [-0.39, 0.29) is 5.91 Å². The number of benzene rings is 1. The third-order valence-corrected chi connectivity index (χ3v) is 3.34. The van der Waals surface area contributed by atoms with Gasteiger partial charge < -0.3 is 4.90 Å². The zero-order valence-electron chi connectivity index (χ0n) is 10.3. The zero-order valence-corrected chi connectivity index (χ0v) is 11.1. The molecular formula is C12H15NO4S. The first-order valence-corrected chi connectivity index (χ1v) is 7.45. The number of aryl methyl sites for hydroxylation is 1. The highest BCUT2D eigenvalue weighted by Crippen LogP contribution is 2.24. The van der Waals surface area contributed by atoms with Gasteiger partial charge in [0.25, 0.3) is 16.0 Å². The molecule has 98 valence electrons. The van der Waals surface area contributed by atoms with Gasteiger partial charge >= 0.3 is 0 Å². The van der Waals surface area contributed by atoms with Crippen molar-refractivity contribution in [3.05, 3.63) is 29.8 Å². The standard InChI is InChI=1S/C12H15NO4S/c1-9-4-3-5-10(8-9)13-7-6-11(12(13)14)17-18(2,15)16/h3-5,8,11H,6-7H2,1-2H3. The molecule has 1 amide bonds. The third-order valence-electron chi connectivity index (χ3n) is 2.76. The van der Waals surface area contributed by atoms with Gasteiger partial charge in [0.15, 0.2) is 6.10 Å². The number of carbonyl (C=O) groups excluding carboxylic acids is 1. The Kier molecular flexibility index (Phi) is 3.41. The minimum absolute atomic E-state index is 0.300. The van der Waals surface area contributed by atoms with Gasteiger partial charge in [0.1, 0.15) is 0 Å². The van der Waals surface area contributed by atoms with Crippen molar-refractivity contribution in [3.8, 4) is 0 Å². The number of hydrogen-bond acceptors (Lipinski definition) is 4. The van der Waals surface area contributed by atoms with Crippen molar-refractivity contribution in [1.29, 1.82) is 0 Å². The van der Waals surface area contributed by atoms with E-state index < -0.39 is 16.2 Å². The molecule has 0 saturated carbocycles. The summed E-state index contributed by atoms with van der Waals surface area (Å²) < 4.78 is 26.8. The van der Waals surface area contributed by atoms with Gasteiger partial charge in [-0.1, -0.05) is 12.1 Å². The van der Waals surface area contributed by atoms with Crippen molar-refractivity contribution in [3.63, 3.8) is 0 Å². The normalized spacial score (nSPS) is 20.4. The molecule has 0 aliphatic carbocycles. The number of hydrogen-bond donors (Lipinski definition) is 0. The van der Waals surface area contributed by atoms with E-state index >= 15 is 0 Å². The Bertz CT molecular complexity index is 567. The molecule has 1 heterocycles. The van der Waals surface area contributed by atoms with Crippen LogP contribution in [0.2, 0.25) is 0 Å². The van der Waals surface area contributed by atoms with E-state index in [9.17, 15) is 13.2 Å². The van der Waals surface area contributed by atoms with Crippen LogP contribution < -0.4 is 4.90 Å². The second-order valence-corrected chi connectivity index (χ2v) is 6.01. The number of amides is 1. The van der Waals surface area contributed by atoms with Crippen LogP contribution in [0.3, 0.4) is 0 Å². The Balaban J connectivity index is 2.17. The van der Waals surface area contributed by atoms with Crippen LogP contribution in [0.15, 0.2) is 24.3 Å². The van der Waals surface area contributed by atoms with E-state index in [2.05, 4.69) is 0 Å². The molecule has 0 radical (unpaired) electrons. The molecule has 2 rings (SSSR count). The topological polar surface area (TPSA) is 63.7 Å². The number of anilines is 1. The molecular weight excluding hydrogens is 254 g/mol. The highest BCUT2D eigenvalue weighted by molar-refractivity contribution is 7.86. The molecule has 5 nitrogen and oxygen atoms in total. The molecule has 0 bridgehead atoms. The molecule has 1 fully saturated rings. The Labute approximate surface area is 106 Å². The van der Waals surface area contributed by atoms with Gasteiger partial charge in [0, 0.05) is 18.7 Å². The van der Waals surface area contributed by atoms with Crippen molar-refractivity contribution in [2.75, 3.05) is 17.7 Å². The maximum atomic E-state index is 12.0. The first-order valence-electron chi connectivity index (χ1n) is 5.63. The highest BCUT2D eigenvalue weighted by atomic mass is 32.2. The van der Waals surface area contributed by atoms with E-state index in [4.69, 9.17) is 4.18 Å².